The van der Waals surface area contributed by atoms with Crippen molar-refractivity contribution in [2.24, 2.45) is 5.92 Å². The first-order valence-corrected chi connectivity index (χ1v) is 10.5. The van der Waals surface area contributed by atoms with Crippen molar-refractivity contribution in [2.75, 3.05) is 20.8 Å². The summed E-state index contributed by atoms with van der Waals surface area (Å²) in [6.07, 6.45) is 9.44. The molecule has 1 saturated heterocycles. The summed E-state index contributed by atoms with van der Waals surface area (Å²) in [6, 6.07) is 4.96. The van der Waals surface area contributed by atoms with Crippen LogP contribution in [0.5, 0.6) is 11.5 Å². The maximum absolute atomic E-state index is 12.9. The van der Waals surface area contributed by atoms with Crippen LogP contribution in [0.25, 0.3) is 0 Å². The molecule has 4 aliphatic rings. The van der Waals surface area contributed by atoms with Gasteiger partial charge in [0.05, 0.1) is 14.2 Å². The van der Waals surface area contributed by atoms with Crippen molar-refractivity contribution in [1.82, 2.24) is 4.90 Å². The number of carbonyl (C=O) groups excluding carboxylic acids is 1. The Morgan fingerprint density at radius 3 is 2.68 bits per heavy atom. The number of phenolic OH excluding ortho intramolecular Hbond substituents is 1. The van der Waals surface area contributed by atoms with Crippen molar-refractivity contribution in [3.05, 3.63) is 35.1 Å². The molecule has 5 heteroatoms. The average molecular weight is 383 g/mol. The topological polar surface area (TPSA) is 59.0 Å². The Morgan fingerprint density at radius 1 is 1.18 bits per heavy atom. The number of piperidine rings is 1. The predicted octanol–water partition coefficient (Wildman–Crippen LogP) is 3.33. The number of benzene rings is 1. The molecule has 1 saturated carbocycles. The predicted molar refractivity (Wildman–Crippen MR) is 106 cm³/mol. The number of likely N-dealkylation sites (tertiary alicyclic amines) is 1. The molecule has 1 aromatic carbocycles. The largest absolute Gasteiger partial charge is 0.504 e. The van der Waals surface area contributed by atoms with Gasteiger partial charge in [0.15, 0.2) is 23.0 Å². The number of ketones is 1. The first kappa shape index (κ1) is 18.0. The highest BCUT2D eigenvalue weighted by Crippen LogP contribution is 2.58. The Bertz CT molecular complexity index is 841. The van der Waals surface area contributed by atoms with E-state index in [-0.39, 0.29) is 22.9 Å². The van der Waals surface area contributed by atoms with Crippen LogP contribution in [0.15, 0.2) is 24.0 Å². The standard InChI is InChI=1S/C23H29NO4/c1-27-19-8-7-14-11-17-16-12-20(28-2)18(25)13-23(16,21(14)22(19)26)9-10-24(17)15-5-3-4-6-15/h7-8,12,15-17,26H,3-6,9-11,13H2,1-2H3/t16?,17-,23+/m0/s1. The van der Waals surface area contributed by atoms with Crippen molar-refractivity contribution in [3.8, 4) is 11.5 Å². The van der Waals surface area contributed by atoms with Crippen molar-refractivity contribution in [1.29, 1.82) is 0 Å². The van der Waals surface area contributed by atoms with Gasteiger partial charge in [-0.1, -0.05) is 18.9 Å². The summed E-state index contributed by atoms with van der Waals surface area (Å²) in [6.45, 7) is 0.991. The van der Waals surface area contributed by atoms with Crippen LogP contribution in [0.2, 0.25) is 0 Å². The lowest BCUT2D eigenvalue weighted by molar-refractivity contribution is -0.123. The van der Waals surface area contributed by atoms with E-state index >= 15 is 0 Å². The molecule has 1 unspecified atom stereocenters. The quantitative estimate of drug-likeness (QED) is 0.868. The molecule has 3 aliphatic carbocycles. The van der Waals surface area contributed by atoms with Crippen LogP contribution in [0, 0.1) is 5.92 Å². The molecule has 28 heavy (non-hydrogen) atoms. The number of nitrogens with zero attached hydrogens (tertiary/aromatic N) is 1. The van der Waals surface area contributed by atoms with Gasteiger partial charge in [-0.05, 0) is 49.9 Å². The summed E-state index contributed by atoms with van der Waals surface area (Å²) in [5.41, 5.74) is 1.76. The van der Waals surface area contributed by atoms with Gasteiger partial charge in [-0.3, -0.25) is 9.69 Å². The highest BCUT2D eigenvalue weighted by molar-refractivity contribution is 5.96. The second-order valence-corrected chi connectivity index (χ2v) is 8.87. The van der Waals surface area contributed by atoms with Crippen LogP contribution in [-0.2, 0) is 21.4 Å². The minimum Gasteiger partial charge on any atom is -0.504 e. The molecule has 3 atom stereocenters. The normalized spacial score (nSPS) is 32.5. The first-order chi connectivity index (χ1) is 13.6. The number of methoxy groups -OCH3 is 2. The summed E-state index contributed by atoms with van der Waals surface area (Å²) in [4.78, 5) is 15.6. The van der Waals surface area contributed by atoms with Crippen LogP contribution >= 0.6 is 0 Å². The van der Waals surface area contributed by atoms with Gasteiger partial charge in [-0.2, -0.15) is 0 Å². The Labute approximate surface area is 166 Å². The lowest BCUT2D eigenvalue weighted by Gasteiger charge is -2.58. The van der Waals surface area contributed by atoms with E-state index in [1.807, 2.05) is 6.07 Å². The number of phenols is 1. The molecule has 5 nitrogen and oxygen atoms in total. The summed E-state index contributed by atoms with van der Waals surface area (Å²) in [5.74, 6) is 1.43. The fourth-order valence-corrected chi connectivity index (χ4v) is 6.57. The highest BCUT2D eigenvalue weighted by atomic mass is 16.5. The van der Waals surface area contributed by atoms with Gasteiger partial charge in [0.2, 0.25) is 0 Å². The van der Waals surface area contributed by atoms with Crippen molar-refractivity contribution in [2.45, 2.75) is 62.4 Å². The van der Waals surface area contributed by atoms with Gasteiger partial charge in [-0.25, -0.2) is 0 Å². The van der Waals surface area contributed by atoms with Crippen molar-refractivity contribution < 1.29 is 19.4 Å². The summed E-state index contributed by atoms with van der Waals surface area (Å²) in [7, 11) is 3.17. The number of allylic oxidation sites excluding steroid dienone is 1. The minimum atomic E-state index is -0.356. The van der Waals surface area contributed by atoms with Gasteiger partial charge < -0.3 is 14.6 Å². The lowest BCUT2D eigenvalue weighted by atomic mass is 9.53. The van der Waals surface area contributed by atoms with E-state index in [2.05, 4.69) is 17.0 Å². The average Bonchev–Trinajstić information content (AvgIpc) is 3.21. The molecular weight excluding hydrogens is 354 g/mol. The van der Waals surface area contributed by atoms with E-state index in [1.165, 1.54) is 31.2 Å². The smallest absolute Gasteiger partial charge is 0.197 e. The maximum atomic E-state index is 12.9. The Morgan fingerprint density at radius 2 is 1.96 bits per heavy atom. The van der Waals surface area contributed by atoms with E-state index in [0.717, 1.165) is 24.9 Å². The summed E-state index contributed by atoms with van der Waals surface area (Å²) >= 11 is 0. The highest BCUT2D eigenvalue weighted by Gasteiger charge is 2.57. The second kappa shape index (κ2) is 6.51. The van der Waals surface area contributed by atoms with Gasteiger partial charge in [0, 0.05) is 35.4 Å². The second-order valence-electron chi connectivity index (χ2n) is 8.87. The summed E-state index contributed by atoms with van der Waals surface area (Å²) in [5, 5.41) is 11.1. The van der Waals surface area contributed by atoms with E-state index in [4.69, 9.17) is 9.47 Å². The van der Waals surface area contributed by atoms with E-state index < -0.39 is 0 Å². The molecule has 2 fully saturated rings. The fourth-order valence-electron chi connectivity index (χ4n) is 6.57. The molecule has 1 N–H and O–H groups in total. The van der Waals surface area contributed by atoms with Crippen molar-refractivity contribution in [3.63, 3.8) is 0 Å². The minimum absolute atomic E-state index is 0.0434. The van der Waals surface area contributed by atoms with Crippen LogP contribution < -0.4 is 4.74 Å². The Kier molecular flexibility index (Phi) is 4.20. The fraction of sp³-hybridized carbons (Fsp3) is 0.609. The molecule has 1 aromatic rings. The monoisotopic (exact) mass is 383 g/mol. The summed E-state index contributed by atoms with van der Waals surface area (Å²) < 4.78 is 10.9. The number of rotatable bonds is 3. The van der Waals surface area contributed by atoms with Gasteiger partial charge in [-0.15, -0.1) is 0 Å². The number of carbonyl (C=O) groups is 1. The molecule has 1 heterocycles. The van der Waals surface area contributed by atoms with Crippen molar-refractivity contribution >= 4 is 5.78 Å². The Hall–Kier alpha value is -2.01. The maximum Gasteiger partial charge on any atom is 0.197 e. The number of hydrogen-bond acceptors (Lipinski definition) is 5. The van der Waals surface area contributed by atoms with Gasteiger partial charge >= 0.3 is 0 Å². The third-order valence-electron chi connectivity index (χ3n) is 7.76. The molecule has 2 bridgehead atoms. The third kappa shape index (κ3) is 2.38. The molecule has 5 rings (SSSR count). The Balaban J connectivity index is 1.68. The van der Waals surface area contributed by atoms with Crippen LogP contribution in [0.1, 0.15) is 49.7 Å². The molecule has 1 aliphatic heterocycles. The van der Waals surface area contributed by atoms with Gasteiger partial charge in [0.25, 0.3) is 0 Å². The molecule has 150 valence electrons. The number of fused-ring (bicyclic) bond motifs is 1. The van der Waals surface area contributed by atoms with E-state index in [1.54, 1.807) is 14.2 Å². The lowest BCUT2D eigenvalue weighted by Crippen LogP contribution is -2.63. The molecule has 0 spiro atoms. The van der Waals surface area contributed by atoms with Crippen LogP contribution in [0.3, 0.4) is 0 Å². The SMILES string of the molecule is COC1=CC2[C@@H]3Cc4ccc(OC)c(O)c4[C@]2(CCN3C2CCCC2)CC1=O. The number of Topliss-reactive ketones (excluding diaryl/α,β-unsaturated/α-hetero) is 1. The van der Waals surface area contributed by atoms with Gasteiger partial charge in [0.1, 0.15) is 0 Å². The zero-order chi connectivity index (χ0) is 19.5. The first-order valence-electron chi connectivity index (χ1n) is 10.5. The zero-order valence-corrected chi connectivity index (χ0v) is 16.7. The molecule has 0 aromatic heterocycles. The third-order valence-corrected chi connectivity index (χ3v) is 7.76. The van der Waals surface area contributed by atoms with Crippen LogP contribution in [-0.4, -0.2) is 48.6 Å². The van der Waals surface area contributed by atoms with E-state index in [9.17, 15) is 9.90 Å². The molecule has 0 radical (unpaired) electrons. The number of aromatic hydroxyl groups is 1. The number of ether oxygens (including phenoxy) is 2. The number of hydrogen-bond donors (Lipinski definition) is 1. The van der Waals surface area contributed by atoms with Crippen LogP contribution in [0.4, 0.5) is 0 Å². The zero-order valence-electron chi connectivity index (χ0n) is 16.7. The van der Waals surface area contributed by atoms with E-state index in [0.29, 0.717) is 30.0 Å². The molecule has 0 amide bonds. The molecular formula is C23H29NO4.